The van der Waals surface area contributed by atoms with Crippen molar-refractivity contribution in [2.45, 2.75) is 5.16 Å². The summed E-state index contributed by atoms with van der Waals surface area (Å²) in [6.07, 6.45) is 1.89. The van der Waals surface area contributed by atoms with Crippen LogP contribution in [0.15, 0.2) is 23.4 Å². The van der Waals surface area contributed by atoms with Crippen LogP contribution in [0.1, 0.15) is 0 Å². The fraction of sp³-hybridized carbons (Fsp3) is 0.111. The van der Waals surface area contributed by atoms with Gasteiger partial charge in [0.05, 0.1) is 5.52 Å². The molecule has 0 saturated heterocycles. The van der Waals surface area contributed by atoms with E-state index < -0.39 is 0 Å². The maximum atomic E-state index is 9.26. The molecule has 0 spiro atoms. The molecule has 5 heteroatoms. The zero-order chi connectivity index (χ0) is 10.1. The molecule has 0 fully saturated rings. The number of nitrogens with zero attached hydrogens (tertiary/aromatic N) is 2. The second-order valence-corrected chi connectivity index (χ2v) is 3.83. The van der Waals surface area contributed by atoms with E-state index in [4.69, 9.17) is 11.6 Å². The summed E-state index contributed by atoms with van der Waals surface area (Å²) in [6.45, 7) is 0. The van der Waals surface area contributed by atoms with Crippen LogP contribution < -0.4 is 0 Å². The number of benzene rings is 1. The number of hydrogen-bond acceptors (Lipinski definition) is 4. The Morgan fingerprint density at radius 2 is 2.14 bits per heavy atom. The monoisotopic (exact) mass is 226 g/mol. The summed E-state index contributed by atoms with van der Waals surface area (Å²) in [5.41, 5.74) is 0.743. The van der Waals surface area contributed by atoms with Crippen LogP contribution >= 0.6 is 23.4 Å². The van der Waals surface area contributed by atoms with E-state index in [1.54, 1.807) is 18.2 Å². The molecule has 0 amide bonds. The summed E-state index contributed by atoms with van der Waals surface area (Å²) in [5.74, 6) is 0.167. The van der Waals surface area contributed by atoms with E-state index in [1.807, 2.05) is 6.26 Å². The standard InChI is InChI=1S/C9H7ClN2OS/c1-14-9-11-7-3-2-5(13)4-6(7)8(10)12-9/h2-4,13H,1H3. The van der Waals surface area contributed by atoms with Gasteiger partial charge >= 0.3 is 0 Å². The number of aromatic nitrogens is 2. The average molecular weight is 227 g/mol. The number of halogens is 1. The van der Waals surface area contributed by atoms with Crippen LogP contribution in [0.5, 0.6) is 5.75 Å². The molecule has 0 aliphatic heterocycles. The van der Waals surface area contributed by atoms with Crippen molar-refractivity contribution in [1.29, 1.82) is 0 Å². The normalized spacial score (nSPS) is 10.7. The Bertz CT molecular complexity index is 489. The Hall–Kier alpha value is -1.00. The van der Waals surface area contributed by atoms with E-state index in [-0.39, 0.29) is 5.75 Å². The van der Waals surface area contributed by atoms with Gasteiger partial charge in [-0.3, -0.25) is 0 Å². The molecule has 72 valence electrons. The van der Waals surface area contributed by atoms with Gasteiger partial charge in [-0.05, 0) is 24.5 Å². The Kier molecular flexibility index (Phi) is 2.48. The quantitative estimate of drug-likeness (QED) is 0.461. The molecule has 0 atom stereocenters. The van der Waals surface area contributed by atoms with Crippen LogP contribution in [0, 0.1) is 0 Å². The second kappa shape index (κ2) is 3.63. The largest absolute Gasteiger partial charge is 0.508 e. The molecule has 1 aromatic carbocycles. The maximum Gasteiger partial charge on any atom is 0.189 e. The van der Waals surface area contributed by atoms with E-state index in [0.717, 1.165) is 5.52 Å². The fourth-order valence-corrected chi connectivity index (χ4v) is 1.80. The molecule has 2 rings (SSSR count). The highest BCUT2D eigenvalue weighted by molar-refractivity contribution is 7.98. The van der Waals surface area contributed by atoms with Crippen molar-refractivity contribution >= 4 is 34.3 Å². The molecule has 0 unspecified atom stereocenters. The fourth-order valence-electron chi connectivity index (χ4n) is 1.15. The lowest BCUT2D eigenvalue weighted by atomic mass is 10.2. The van der Waals surface area contributed by atoms with Crippen LogP contribution in [0.25, 0.3) is 10.9 Å². The molecule has 2 aromatic rings. The van der Waals surface area contributed by atoms with Gasteiger partial charge in [0, 0.05) is 5.39 Å². The third-order valence-corrected chi connectivity index (χ3v) is 2.63. The molecule has 3 nitrogen and oxygen atoms in total. The zero-order valence-corrected chi connectivity index (χ0v) is 8.93. The SMILES string of the molecule is CSc1nc(Cl)c2cc(O)ccc2n1. The lowest BCUT2D eigenvalue weighted by Gasteiger charge is -2.02. The predicted octanol–water partition coefficient (Wildman–Crippen LogP) is 2.71. The van der Waals surface area contributed by atoms with Gasteiger partial charge < -0.3 is 5.11 Å². The van der Waals surface area contributed by atoms with E-state index in [2.05, 4.69) is 9.97 Å². The van der Waals surface area contributed by atoms with Crippen LogP contribution in [0.4, 0.5) is 0 Å². The van der Waals surface area contributed by atoms with Crippen molar-refractivity contribution in [2.75, 3.05) is 6.26 Å². The summed E-state index contributed by atoms with van der Waals surface area (Å²) >= 11 is 7.37. The molecule has 0 saturated carbocycles. The van der Waals surface area contributed by atoms with Gasteiger partial charge in [0.25, 0.3) is 0 Å². The summed E-state index contributed by atoms with van der Waals surface area (Å²) in [4.78, 5) is 8.32. The predicted molar refractivity (Wildman–Crippen MR) is 58.0 cm³/mol. The molecule has 0 radical (unpaired) electrons. The van der Waals surface area contributed by atoms with Crippen molar-refractivity contribution < 1.29 is 5.11 Å². The minimum absolute atomic E-state index is 0.167. The lowest BCUT2D eigenvalue weighted by Crippen LogP contribution is -1.88. The minimum Gasteiger partial charge on any atom is -0.508 e. The first-order valence-electron chi connectivity index (χ1n) is 3.91. The average Bonchev–Trinajstić information content (AvgIpc) is 2.19. The number of phenols is 1. The molecule has 1 heterocycles. The van der Waals surface area contributed by atoms with Crippen molar-refractivity contribution in [3.63, 3.8) is 0 Å². The third kappa shape index (κ3) is 1.63. The smallest absolute Gasteiger partial charge is 0.189 e. The van der Waals surface area contributed by atoms with Gasteiger partial charge in [-0.25, -0.2) is 9.97 Å². The van der Waals surface area contributed by atoms with E-state index in [9.17, 15) is 5.11 Å². The van der Waals surface area contributed by atoms with Crippen LogP contribution in [-0.4, -0.2) is 21.3 Å². The first-order valence-corrected chi connectivity index (χ1v) is 5.51. The molecule has 0 bridgehead atoms. The summed E-state index contributed by atoms with van der Waals surface area (Å²) in [7, 11) is 0. The topological polar surface area (TPSA) is 46.0 Å². The maximum absolute atomic E-state index is 9.26. The third-order valence-electron chi connectivity index (χ3n) is 1.79. The van der Waals surface area contributed by atoms with Gasteiger partial charge in [0.2, 0.25) is 0 Å². The second-order valence-electron chi connectivity index (χ2n) is 2.70. The van der Waals surface area contributed by atoms with Crippen LogP contribution in [-0.2, 0) is 0 Å². The molecular weight excluding hydrogens is 220 g/mol. The number of rotatable bonds is 1. The first kappa shape index (κ1) is 9.55. The minimum atomic E-state index is 0.167. The number of hydrogen-bond donors (Lipinski definition) is 1. The van der Waals surface area contributed by atoms with Gasteiger partial charge in [0.15, 0.2) is 5.16 Å². The molecule has 0 aliphatic carbocycles. The van der Waals surface area contributed by atoms with E-state index in [0.29, 0.717) is 15.7 Å². The highest BCUT2D eigenvalue weighted by atomic mass is 35.5. The van der Waals surface area contributed by atoms with E-state index >= 15 is 0 Å². The lowest BCUT2D eigenvalue weighted by molar-refractivity contribution is 0.476. The van der Waals surface area contributed by atoms with Crippen molar-refractivity contribution in [3.8, 4) is 5.75 Å². The molecule has 0 aliphatic rings. The number of phenolic OH excluding ortho intramolecular Hbond substituents is 1. The first-order chi connectivity index (χ1) is 6.70. The highest BCUT2D eigenvalue weighted by Gasteiger charge is 2.05. The summed E-state index contributed by atoms with van der Waals surface area (Å²) in [6, 6.07) is 4.86. The molecule has 14 heavy (non-hydrogen) atoms. The number of thioether (sulfide) groups is 1. The molecular formula is C9H7ClN2OS. The highest BCUT2D eigenvalue weighted by Crippen LogP contribution is 2.26. The van der Waals surface area contributed by atoms with Gasteiger partial charge in [-0.2, -0.15) is 0 Å². The van der Waals surface area contributed by atoms with Gasteiger partial charge in [-0.1, -0.05) is 23.4 Å². The van der Waals surface area contributed by atoms with Crippen molar-refractivity contribution in [1.82, 2.24) is 9.97 Å². The van der Waals surface area contributed by atoms with E-state index in [1.165, 1.54) is 11.8 Å². The van der Waals surface area contributed by atoms with Crippen molar-refractivity contribution in [2.24, 2.45) is 0 Å². The molecule has 1 aromatic heterocycles. The van der Waals surface area contributed by atoms with Crippen LogP contribution in [0.3, 0.4) is 0 Å². The number of fused-ring (bicyclic) bond motifs is 1. The Balaban J connectivity index is 2.76. The van der Waals surface area contributed by atoms with Gasteiger partial charge in [-0.15, -0.1) is 0 Å². The van der Waals surface area contributed by atoms with Crippen molar-refractivity contribution in [3.05, 3.63) is 23.4 Å². The van der Waals surface area contributed by atoms with Gasteiger partial charge in [0.1, 0.15) is 10.9 Å². The van der Waals surface area contributed by atoms with Crippen LogP contribution in [0.2, 0.25) is 5.15 Å². The Morgan fingerprint density at radius 1 is 1.36 bits per heavy atom. The number of aromatic hydroxyl groups is 1. The Morgan fingerprint density at radius 3 is 2.86 bits per heavy atom. The summed E-state index contributed by atoms with van der Waals surface area (Å²) in [5, 5.41) is 10.9. The summed E-state index contributed by atoms with van der Waals surface area (Å²) < 4.78 is 0. The molecule has 1 N–H and O–H groups in total. The Labute approximate surface area is 90.1 Å². The zero-order valence-electron chi connectivity index (χ0n) is 7.36.